The molecule has 3 aromatic carbocycles. The molecule has 0 N–H and O–H groups in total. The first-order valence-corrected chi connectivity index (χ1v) is 10.3. The average Bonchev–Trinajstić information content (AvgIpc) is 2.74. The number of hydrogen-bond donors (Lipinski definition) is 0. The second-order valence-corrected chi connectivity index (χ2v) is 7.99. The van der Waals surface area contributed by atoms with Gasteiger partial charge in [0.25, 0.3) is 0 Å². The number of ether oxygens (including phenoxy) is 2. The van der Waals surface area contributed by atoms with Crippen LogP contribution in [0.1, 0.15) is 25.0 Å². The largest absolute Gasteiger partial charge is 0.423 e. The normalized spacial score (nSPS) is 10.5. The van der Waals surface area contributed by atoms with E-state index in [0.717, 1.165) is 22.3 Å². The Balaban J connectivity index is 1.87. The highest BCUT2D eigenvalue weighted by atomic mass is 19.1. The third-order valence-corrected chi connectivity index (χ3v) is 5.08. The van der Waals surface area contributed by atoms with Crippen LogP contribution in [0.3, 0.4) is 0 Å². The second kappa shape index (κ2) is 9.65. The van der Waals surface area contributed by atoms with Crippen LogP contribution in [0, 0.1) is 19.7 Å². The van der Waals surface area contributed by atoms with E-state index in [1.807, 2.05) is 38.1 Å². The lowest BCUT2D eigenvalue weighted by Crippen LogP contribution is -2.08. The fraction of sp³-hybridized carbons (Fsp3) is 0.143. The van der Waals surface area contributed by atoms with Crippen molar-refractivity contribution >= 4 is 11.9 Å². The van der Waals surface area contributed by atoms with Gasteiger partial charge in [0, 0.05) is 22.8 Å². The molecule has 0 saturated carbocycles. The Labute approximate surface area is 193 Å². The SMILES string of the molecule is C=C(C)C(=O)Oc1ccc(-c2ccc(-c3ccc(OC(=O)C(=C)C)cc3F)cc2C)c(C)c1. The molecule has 168 valence electrons. The molecule has 0 radical (unpaired) electrons. The third-order valence-electron chi connectivity index (χ3n) is 5.08. The van der Waals surface area contributed by atoms with Gasteiger partial charge in [-0.05, 0) is 79.8 Å². The molecule has 33 heavy (non-hydrogen) atoms. The summed E-state index contributed by atoms with van der Waals surface area (Å²) in [5.41, 5.74) is 5.54. The minimum atomic E-state index is -0.599. The van der Waals surface area contributed by atoms with E-state index in [1.165, 1.54) is 13.0 Å². The zero-order chi connectivity index (χ0) is 24.3. The Morgan fingerprint density at radius 1 is 0.697 bits per heavy atom. The first-order valence-electron chi connectivity index (χ1n) is 10.3. The summed E-state index contributed by atoms with van der Waals surface area (Å²) in [6.07, 6.45) is 0. The van der Waals surface area contributed by atoms with Crippen LogP contribution in [-0.2, 0) is 9.59 Å². The first-order chi connectivity index (χ1) is 15.6. The molecule has 0 amide bonds. The molecule has 3 rings (SSSR count). The van der Waals surface area contributed by atoms with Gasteiger partial charge in [-0.1, -0.05) is 37.4 Å². The third kappa shape index (κ3) is 5.44. The smallest absolute Gasteiger partial charge is 0.338 e. The average molecular weight is 445 g/mol. The molecule has 4 nitrogen and oxygen atoms in total. The molecule has 3 aromatic rings. The van der Waals surface area contributed by atoms with Crippen LogP contribution in [0.15, 0.2) is 78.9 Å². The molecule has 0 aliphatic carbocycles. The van der Waals surface area contributed by atoms with Gasteiger partial charge < -0.3 is 9.47 Å². The lowest BCUT2D eigenvalue weighted by molar-refractivity contribution is -0.130. The monoisotopic (exact) mass is 444 g/mol. The van der Waals surface area contributed by atoms with Crippen LogP contribution in [0.5, 0.6) is 11.5 Å². The molecular weight excluding hydrogens is 419 g/mol. The quantitative estimate of drug-likeness (QED) is 0.240. The number of carbonyl (C=O) groups is 2. The van der Waals surface area contributed by atoms with Gasteiger partial charge in [-0.25, -0.2) is 14.0 Å². The Kier molecular flexibility index (Phi) is 6.92. The number of esters is 2. The van der Waals surface area contributed by atoms with Gasteiger partial charge in [0.2, 0.25) is 0 Å². The van der Waals surface area contributed by atoms with Crippen LogP contribution >= 0.6 is 0 Å². The number of hydrogen-bond acceptors (Lipinski definition) is 4. The lowest BCUT2D eigenvalue weighted by Gasteiger charge is -2.14. The number of carbonyl (C=O) groups excluding carboxylic acids is 2. The number of benzene rings is 3. The van der Waals surface area contributed by atoms with Crippen LogP contribution in [0.4, 0.5) is 4.39 Å². The lowest BCUT2D eigenvalue weighted by atomic mass is 9.93. The van der Waals surface area contributed by atoms with Crippen molar-refractivity contribution in [2.45, 2.75) is 27.7 Å². The van der Waals surface area contributed by atoms with Crippen molar-refractivity contribution in [3.63, 3.8) is 0 Å². The van der Waals surface area contributed by atoms with Gasteiger partial charge in [-0.3, -0.25) is 0 Å². The molecule has 0 aromatic heterocycles. The summed E-state index contributed by atoms with van der Waals surface area (Å²) in [5, 5.41) is 0. The van der Waals surface area contributed by atoms with E-state index in [0.29, 0.717) is 22.4 Å². The maximum absolute atomic E-state index is 14.8. The van der Waals surface area contributed by atoms with Crippen molar-refractivity contribution in [3.8, 4) is 33.8 Å². The molecule has 0 aliphatic heterocycles. The van der Waals surface area contributed by atoms with Crippen LogP contribution < -0.4 is 9.47 Å². The van der Waals surface area contributed by atoms with Crippen molar-refractivity contribution < 1.29 is 23.5 Å². The molecule has 5 heteroatoms. The van der Waals surface area contributed by atoms with E-state index in [9.17, 15) is 14.0 Å². The summed E-state index contributed by atoms with van der Waals surface area (Å²) in [6.45, 7) is 14.1. The Hall–Kier alpha value is -3.99. The fourth-order valence-electron chi connectivity index (χ4n) is 3.32. The summed E-state index contributed by atoms with van der Waals surface area (Å²) < 4.78 is 25.1. The van der Waals surface area contributed by atoms with Gasteiger partial charge in [-0.2, -0.15) is 0 Å². The maximum atomic E-state index is 14.8. The van der Waals surface area contributed by atoms with Crippen molar-refractivity contribution in [2.75, 3.05) is 0 Å². The molecule has 0 atom stereocenters. The van der Waals surface area contributed by atoms with Gasteiger partial charge in [0.1, 0.15) is 17.3 Å². The number of aryl methyl sites for hydroxylation is 2. The Morgan fingerprint density at radius 3 is 1.61 bits per heavy atom. The van der Waals surface area contributed by atoms with Crippen molar-refractivity contribution in [3.05, 3.63) is 95.8 Å². The summed E-state index contributed by atoms with van der Waals surface area (Å²) >= 11 is 0. The minimum Gasteiger partial charge on any atom is -0.423 e. The topological polar surface area (TPSA) is 52.6 Å². The highest BCUT2D eigenvalue weighted by Gasteiger charge is 2.13. The zero-order valence-corrected chi connectivity index (χ0v) is 19.1. The molecule has 0 heterocycles. The van der Waals surface area contributed by atoms with Crippen LogP contribution in [0.25, 0.3) is 22.3 Å². The minimum absolute atomic E-state index is 0.126. The van der Waals surface area contributed by atoms with E-state index in [1.54, 1.807) is 31.2 Å². The predicted octanol–water partition coefficient (Wildman–Crippen LogP) is 6.74. The molecule has 0 spiro atoms. The van der Waals surface area contributed by atoms with E-state index in [-0.39, 0.29) is 11.3 Å². The van der Waals surface area contributed by atoms with E-state index in [4.69, 9.17) is 9.47 Å². The summed E-state index contributed by atoms with van der Waals surface area (Å²) in [7, 11) is 0. The van der Waals surface area contributed by atoms with Crippen LogP contribution in [-0.4, -0.2) is 11.9 Å². The van der Waals surface area contributed by atoms with Gasteiger partial charge >= 0.3 is 11.9 Å². The summed E-state index contributed by atoms with van der Waals surface area (Å²) in [4.78, 5) is 23.4. The Bertz CT molecular complexity index is 1290. The molecule has 0 unspecified atom stereocenters. The molecule has 0 bridgehead atoms. The molecule has 0 saturated heterocycles. The van der Waals surface area contributed by atoms with Gasteiger partial charge in [-0.15, -0.1) is 0 Å². The standard InChI is InChI=1S/C28H25FO4/c1-16(2)27(30)32-21-8-11-24(19(6)14-21)23-10-7-20(13-18(23)5)25-12-9-22(15-26(25)29)33-28(31)17(3)4/h7-15H,1,3H2,2,4-6H3. The zero-order valence-electron chi connectivity index (χ0n) is 19.1. The number of rotatable bonds is 6. The van der Waals surface area contributed by atoms with Crippen LogP contribution in [0.2, 0.25) is 0 Å². The summed E-state index contributed by atoms with van der Waals surface area (Å²) in [5.74, 6) is -0.981. The highest BCUT2D eigenvalue weighted by Crippen LogP contribution is 2.34. The van der Waals surface area contributed by atoms with Gasteiger partial charge in [0.05, 0.1) is 0 Å². The highest BCUT2D eigenvalue weighted by molar-refractivity contribution is 5.89. The summed E-state index contributed by atoms with van der Waals surface area (Å²) in [6, 6.07) is 15.4. The van der Waals surface area contributed by atoms with E-state index in [2.05, 4.69) is 13.2 Å². The van der Waals surface area contributed by atoms with Crippen molar-refractivity contribution in [2.24, 2.45) is 0 Å². The van der Waals surface area contributed by atoms with Gasteiger partial charge in [0.15, 0.2) is 0 Å². The number of halogens is 1. The van der Waals surface area contributed by atoms with Crippen molar-refractivity contribution in [1.29, 1.82) is 0 Å². The van der Waals surface area contributed by atoms with Crippen molar-refractivity contribution in [1.82, 2.24) is 0 Å². The Morgan fingerprint density at radius 2 is 1.15 bits per heavy atom. The van der Waals surface area contributed by atoms with E-state index >= 15 is 0 Å². The maximum Gasteiger partial charge on any atom is 0.338 e. The predicted molar refractivity (Wildman–Crippen MR) is 128 cm³/mol. The second-order valence-electron chi connectivity index (χ2n) is 7.99. The first kappa shape index (κ1) is 23.7. The van der Waals surface area contributed by atoms with E-state index < -0.39 is 17.8 Å². The molecule has 0 aliphatic rings. The fourth-order valence-corrected chi connectivity index (χ4v) is 3.32. The molecule has 0 fully saturated rings. The molecular formula is C28H25FO4.